The quantitative estimate of drug-likeness (QED) is 0.358. The molecule has 0 saturated heterocycles. The number of carbonyl (C=O) groups excluding carboxylic acids is 2. The van der Waals surface area contributed by atoms with Gasteiger partial charge in [-0.3, -0.25) is 9.59 Å². The first kappa shape index (κ1) is 21.2. The topological polar surface area (TPSA) is 58.2 Å². The van der Waals surface area contributed by atoms with Crippen LogP contribution < -0.4 is 10.6 Å². The number of benzene rings is 2. The standard InChI is InChI=1S/C24H28N2O2/c1-2-3-4-11-19-25-24(28)22(18-12-15-20-13-7-5-8-14-20)26-23(27)21-16-9-6-10-17-21/h5-10,12-18H,2-4,11,19H2,1H3,(H,25,28)(H,26,27)/b15-12+,22-18+. The molecule has 0 bridgehead atoms. The highest BCUT2D eigenvalue weighted by Gasteiger charge is 2.13. The zero-order valence-corrected chi connectivity index (χ0v) is 16.4. The molecule has 0 unspecified atom stereocenters. The number of carbonyl (C=O) groups is 2. The summed E-state index contributed by atoms with van der Waals surface area (Å²) in [5.41, 5.74) is 1.76. The van der Waals surface area contributed by atoms with Crippen molar-refractivity contribution in [3.63, 3.8) is 0 Å². The number of hydrogen-bond donors (Lipinski definition) is 2. The molecule has 2 aromatic carbocycles. The summed E-state index contributed by atoms with van der Waals surface area (Å²) in [6, 6.07) is 18.7. The van der Waals surface area contributed by atoms with Crippen molar-refractivity contribution < 1.29 is 9.59 Å². The second-order valence-electron chi connectivity index (χ2n) is 6.49. The van der Waals surface area contributed by atoms with Crippen LogP contribution in [-0.2, 0) is 4.79 Å². The molecule has 146 valence electrons. The number of nitrogens with one attached hydrogen (secondary N) is 2. The molecule has 0 radical (unpaired) electrons. The molecule has 28 heavy (non-hydrogen) atoms. The van der Waals surface area contributed by atoms with Crippen molar-refractivity contribution in [1.82, 2.24) is 10.6 Å². The third-order valence-corrected chi connectivity index (χ3v) is 4.20. The van der Waals surface area contributed by atoms with E-state index in [4.69, 9.17) is 0 Å². The normalized spacial score (nSPS) is 11.4. The zero-order chi connectivity index (χ0) is 20.0. The van der Waals surface area contributed by atoms with Gasteiger partial charge in [0.25, 0.3) is 11.8 Å². The molecule has 0 aliphatic carbocycles. The number of rotatable bonds is 10. The summed E-state index contributed by atoms with van der Waals surface area (Å²) in [6.45, 7) is 2.75. The van der Waals surface area contributed by atoms with E-state index >= 15 is 0 Å². The maximum atomic E-state index is 12.6. The Morgan fingerprint density at radius 3 is 2.25 bits per heavy atom. The monoisotopic (exact) mass is 376 g/mol. The molecule has 0 aromatic heterocycles. The molecule has 0 aliphatic heterocycles. The maximum Gasteiger partial charge on any atom is 0.267 e. The van der Waals surface area contributed by atoms with E-state index < -0.39 is 0 Å². The Morgan fingerprint density at radius 1 is 0.893 bits per heavy atom. The number of hydrogen-bond acceptors (Lipinski definition) is 2. The number of allylic oxidation sites excluding steroid dienone is 2. The minimum absolute atomic E-state index is 0.233. The minimum Gasteiger partial charge on any atom is -0.351 e. The molecule has 2 rings (SSSR count). The van der Waals surface area contributed by atoms with Gasteiger partial charge in [0.15, 0.2) is 0 Å². The molecule has 0 atom stereocenters. The van der Waals surface area contributed by atoms with Crippen LogP contribution in [0.4, 0.5) is 0 Å². The molecular weight excluding hydrogens is 348 g/mol. The summed E-state index contributed by atoms with van der Waals surface area (Å²) in [5, 5.41) is 5.62. The molecular formula is C24H28N2O2. The highest BCUT2D eigenvalue weighted by molar-refractivity contribution is 6.03. The Balaban J connectivity index is 2.05. The van der Waals surface area contributed by atoms with E-state index in [-0.39, 0.29) is 17.5 Å². The van der Waals surface area contributed by atoms with Gasteiger partial charge in [0.05, 0.1) is 0 Å². The smallest absolute Gasteiger partial charge is 0.267 e. The third kappa shape index (κ3) is 7.62. The second-order valence-corrected chi connectivity index (χ2v) is 6.49. The Kier molecular flexibility index (Phi) is 9.28. The van der Waals surface area contributed by atoms with Crippen molar-refractivity contribution in [2.24, 2.45) is 0 Å². The Bertz CT molecular complexity index is 796. The molecule has 2 amide bonds. The van der Waals surface area contributed by atoms with E-state index in [1.807, 2.05) is 42.5 Å². The first-order valence-electron chi connectivity index (χ1n) is 9.78. The summed E-state index contributed by atoms with van der Waals surface area (Å²) in [4.78, 5) is 25.0. The highest BCUT2D eigenvalue weighted by atomic mass is 16.2. The van der Waals surface area contributed by atoms with Gasteiger partial charge in [-0.1, -0.05) is 86.9 Å². The van der Waals surface area contributed by atoms with Crippen LogP contribution in [0.25, 0.3) is 6.08 Å². The van der Waals surface area contributed by atoms with Gasteiger partial charge in [-0.15, -0.1) is 0 Å². The molecule has 4 nitrogen and oxygen atoms in total. The lowest BCUT2D eigenvalue weighted by molar-refractivity contribution is -0.117. The van der Waals surface area contributed by atoms with Crippen molar-refractivity contribution >= 4 is 17.9 Å². The highest BCUT2D eigenvalue weighted by Crippen LogP contribution is 2.04. The molecule has 0 spiro atoms. The predicted octanol–water partition coefficient (Wildman–Crippen LogP) is 4.71. The Morgan fingerprint density at radius 2 is 1.57 bits per heavy atom. The molecule has 0 fully saturated rings. The summed E-state index contributed by atoms with van der Waals surface area (Å²) < 4.78 is 0. The third-order valence-electron chi connectivity index (χ3n) is 4.20. The van der Waals surface area contributed by atoms with Crippen molar-refractivity contribution in [3.05, 3.63) is 89.6 Å². The predicted molar refractivity (Wildman–Crippen MR) is 115 cm³/mol. The van der Waals surface area contributed by atoms with E-state index in [1.165, 1.54) is 0 Å². The minimum atomic E-state index is -0.305. The molecule has 0 heterocycles. The van der Waals surface area contributed by atoms with Gasteiger partial charge in [0.1, 0.15) is 5.70 Å². The van der Waals surface area contributed by atoms with Gasteiger partial charge in [0.2, 0.25) is 0 Å². The van der Waals surface area contributed by atoms with E-state index in [2.05, 4.69) is 17.6 Å². The van der Waals surface area contributed by atoms with Crippen molar-refractivity contribution in [2.45, 2.75) is 32.6 Å². The van der Waals surface area contributed by atoms with Gasteiger partial charge >= 0.3 is 0 Å². The lowest BCUT2D eigenvalue weighted by Gasteiger charge is -2.10. The van der Waals surface area contributed by atoms with Crippen molar-refractivity contribution in [1.29, 1.82) is 0 Å². The van der Waals surface area contributed by atoms with Crippen molar-refractivity contribution in [2.75, 3.05) is 6.54 Å². The van der Waals surface area contributed by atoms with Gasteiger partial charge in [-0.25, -0.2) is 0 Å². The van der Waals surface area contributed by atoms with E-state index in [0.29, 0.717) is 12.1 Å². The molecule has 2 N–H and O–H groups in total. The first-order chi connectivity index (χ1) is 13.7. The van der Waals surface area contributed by atoms with Crippen LogP contribution in [0.3, 0.4) is 0 Å². The fourth-order valence-corrected chi connectivity index (χ4v) is 2.63. The summed E-state index contributed by atoms with van der Waals surface area (Å²) >= 11 is 0. The van der Waals surface area contributed by atoms with Crippen LogP contribution in [0.15, 0.2) is 78.5 Å². The maximum absolute atomic E-state index is 12.6. The Labute approximate surface area is 167 Å². The largest absolute Gasteiger partial charge is 0.351 e. The van der Waals surface area contributed by atoms with Crippen LogP contribution in [0.1, 0.15) is 48.5 Å². The van der Waals surface area contributed by atoms with E-state index in [1.54, 1.807) is 36.4 Å². The van der Waals surface area contributed by atoms with E-state index in [9.17, 15) is 9.59 Å². The van der Waals surface area contributed by atoms with Gasteiger partial charge in [0, 0.05) is 12.1 Å². The van der Waals surface area contributed by atoms with Crippen molar-refractivity contribution in [3.8, 4) is 0 Å². The summed E-state index contributed by atoms with van der Waals surface area (Å²) in [5.74, 6) is -0.584. The summed E-state index contributed by atoms with van der Waals surface area (Å²) in [6.07, 6.45) is 9.62. The molecule has 0 saturated carbocycles. The summed E-state index contributed by atoms with van der Waals surface area (Å²) in [7, 11) is 0. The van der Waals surface area contributed by atoms with Crippen LogP contribution in [0, 0.1) is 0 Å². The first-order valence-corrected chi connectivity index (χ1v) is 9.78. The average molecular weight is 377 g/mol. The molecule has 2 aromatic rings. The van der Waals surface area contributed by atoms with Crippen LogP contribution in [0.5, 0.6) is 0 Å². The van der Waals surface area contributed by atoms with Crippen LogP contribution in [0.2, 0.25) is 0 Å². The SMILES string of the molecule is CCCCCCNC(=O)/C(=C\C=C\c1ccccc1)NC(=O)c1ccccc1. The zero-order valence-electron chi connectivity index (χ0n) is 16.4. The number of unbranched alkanes of at least 4 members (excludes halogenated alkanes) is 3. The van der Waals surface area contributed by atoms with Gasteiger partial charge < -0.3 is 10.6 Å². The van der Waals surface area contributed by atoms with Gasteiger partial charge in [-0.2, -0.15) is 0 Å². The van der Waals surface area contributed by atoms with Crippen LogP contribution >= 0.6 is 0 Å². The van der Waals surface area contributed by atoms with E-state index in [0.717, 1.165) is 31.2 Å². The fraction of sp³-hybridized carbons (Fsp3) is 0.250. The second kappa shape index (κ2) is 12.3. The average Bonchev–Trinajstić information content (AvgIpc) is 2.74. The lowest BCUT2D eigenvalue weighted by atomic mass is 10.2. The lowest BCUT2D eigenvalue weighted by Crippen LogP contribution is -2.35. The number of amides is 2. The van der Waals surface area contributed by atoms with Gasteiger partial charge in [-0.05, 0) is 30.2 Å². The fourth-order valence-electron chi connectivity index (χ4n) is 2.63. The molecule has 4 heteroatoms. The molecule has 0 aliphatic rings. The van der Waals surface area contributed by atoms with Crippen LogP contribution in [-0.4, -0.2) is 18.4 Å². The Hall–Kier alpha value is -3.14.